The molecule has 1 rings (SSSR count). The number of methoxy groups -OCH3 is 1. The fraction of sp³-hybridized carbons (Fsp3) is 0.533. The third-order valence-electron chi connectivity index (χ3n) is 3.04. The minimum Gasteiger partial charge on any atom is -0.497 e. The molecule has 0 atom stereocenters. The predicted octanol–water partition coefficient (Wildman–Crippen LogP) is 1.00. The van der Waals surface area contributed by atoms with Crippen LogP contribution in [-0.4, -0.2) is 54.0 Å². The Morgan fingerprint density at radius 2 is 1.91 bits per heavy atom. The molecule has 130 valence electrons. The first-order valence-corrected chi connectivity index (χ1v) is 9.19. The first-order chi connectivity index (χ1) is 10.9. The lowest BCUT2D eigenvalue weighted by molar-refractivity contribution is -0.119. The molecular formula is C15H24N2O5S. The van der Waals surface area contributed by atoms with Gasteiger partial charge in [0.15, 0.2) is 0 Å². The van der Waals surface area contributed by atoms with Crippen molar-refractivity contribution in [2.24, 2.45) is 0 Å². The summed E-state index contributed by atoms with van der Waals surface area (Å²) < 4.78 is 35.1. The average Bonchev–Trinajstić information content (AvgIpc) is 2.51. The number of nitrogens with zero attached hydrogens (tertiary/aromatic N) is 1. The number of nitrogens with one attached hydrogen (secondary N) is 1. The van der Waals surface area contributed by atoms with E-state index in [4.69, 9.17) is 9.47 Å². The zero-order chi connectivity index (χ0) is 17.3. The molecular weight excluding hydrogens is 320 g/mol. The van der Waals surface area contributed by atoms with Crippen molar-refractivity contribution in [1.29, 1.82) is 0 Å². The summed E-state index contributed by atoms with van der Waals surface area (Å²) in [5, 5.41) is 2.69. The molecule has 0 heterocycles. The molecule has 0 aliphatic rings. The van der Waals surface area contributed by atoms with Crippen molar-refractivity contribution >= 4 is 21.6 Å². The smallest absolute Gasteiger partial charge is 0.240 e. The lowest BCUT2D eigenvalue weighted by Crippen LogP contribution is -2.40. The second-order valence-corrected chi connectivity index (χ2v) is 6.77. The molecule has 0 saturated heterocycles. The molecule has 0 spiro atoms. The van der Waals surface area contributed by atoms with E-state index in [0.717, 1.165) is 10.6 Å². The number of carbonyl (C=O) groups excluding carboxylic acids is 1. The predicted molar refractivity (Wildman–Crippen MR) is 89.3 cm³/mol. The van der Waals surface area contributed by atoms with Crippen molar-refractivity contribution < 1.29 is 22.7 Å². The molecule has 0 unspecified atom stereocenters. The van der Waals surface area contributed by atoms with Gasteiger partial charge in [0.05, 0.1) is 19.1 Å². The Bertz CT molecular complexity index is 586. The normalized spacial score (nSPS) is 11.1. The van der Waals surface area contributed by atoms with E-state index in [1.807, 2.05) is 6.92 Å². The van der Waals surface area contributed by atoms with Crippen LogP contribution in [0.1, 0.15) is 13.3 Å². The first kappa shape index (κ1) is 19.2. The lowest BCUT2D eigenvalue weighted by atomic mass is 10.3. The van der Waals surface area contributed by atoms with Crippen LogP contribution < -0.4 is 14.4 Å². The third kappa shape index (κ3) is 6.87. The van der Waals surface area contributed by atoms with Crippen LogP contribution in [-0.2, 0) is 19.6 Å². The minimum absolute atomic E-state index is 0.264. The standard InChI is InChI=1S/C15H24N2O5S/c1-4-22-11-5-10-16-15(18)12-17(23(3,19)20)13-6-8-14(21-2)9-7-13/h6-9H,4-5,10-12H2,1-3H3,(H,16,18). The van der Waals surface area contributed by atoms with Crippen molar-refractivity contribution in [1.82, 2.24) is 5.32 Å². The second kappa shape index (κ2) is 9.36. The Kier molecular flexibility index (Phi) is 7.84. The molecule has 0 radical (unpaired) electrons. The number of amides is 1. The Hall–Kier alpha value is -1.80. The van der Waals surface area contributed by atoms with E-state index < -0.39 is 10.0 Å². The van der Waals surface area contributed by atoms with E-state index in [1.54, 1.807) is 24.3 Å². The van der Waals surface area contributed by atoms with Crippen LogP contribution in [0.25, 0.3) is 0 Å². The van der Waals surface area contributed by atoms with Crippen LogP contribution in [0, 0.1) is 0 Å². The summed E-state index contributed by atoms with van der Waals surface area (Å²) in [7, 11) is -2.04. The van der Waals surface area contributed by atoms with E-state index in [9.17, 15) is 13.2 Å². The van der Waals surface area contributed by atoms with Gasteiger partial charge < -0.3 is 14.8 Å². The molecule has 1 aromatic carbocycles. The first-order valence-electron chi connectivity index (χ1n) is 7.34. The highest BCUT2D eigenvalue weighted by molar-refractivity contribution is 7.92. The number of hydrogen-bond acceptors (Lipinski definition) is 5. The highest BCUT2D eigenvalue weighted by atomic mass is 32.2. The van der Waals surface area contributed by atoms with Gasteiger partial charge in [0.25, 0.3) is 0 Å². The number of hydrogen-bond donors (Lipinski definition) is 1. The van der Waals surface area contributed by atoms with Gasteiger partial charge in [-0.25, -0.2) is 8.42 Å². The van der Waals surface area contributed by atoms with Gasteiger partial charge in [0.1, 0.15) is 12.3 Å². The fourth-order valence-corrected chi connectivity index (χ4v) is 2.74. The number of ether oxygens (including phenoxy) is 2. The molecule has 7 nitrogen and oxygen atoms in total. The molecule has 0 aliphatic heterocycles. The summed E-state index contributed by atoms with van der Waals surface area (Å²) in [6.45, 7) is 3.27. The van der Waals surface area contributed by atoms with Gasteiger partial charge in [0.2, 0.25) is 15.9 Å². The van der Waals surface area contributed by atoms with E-state index in [-0.39, 0.29) is 12.5 Å². The fourth-order valence-electron chi connectivity index (χ4n) is 1.88. The Labute approximate surface area is 137 Å². The maximum atomic E-state index is 11.9. The van der Waals surface area contributed by atoms with E-state index >= 15 is 0 Å². The molecule has 1 N–H and O–H groups in total. The van der Waals surface area contributed by atoms with Crippen molar-refractivity contribution in [2.45, 2.75) is 13.3 Å². The van der Waals surface area contributed by atoms with Crippen molar-refractivity contribution in [3.8, 4) is 5.75 Å². The Morgan fingerprint density at radius 3 is 2.43 bits per heavy atom. The molecule has 0 saturated carbocycles. The van der Waals surface area contributed by atoms with Gasteiger partial charge in [-0.2, -0.15) is 0 Å². The topological polar surface area (TPSA) is 84.9 Å². The number of benzene rings is 1. The Balaban J connectivity index is 2.66. The third-order valence-corrected chi connectivity index (χ3v) is 4.18. The Morgan fingerprint density at radius 1 is 1.26 bits per heavy atom. The highest BCUT2D eigenvalue weighted by Crippen LogP contribution is 2.21. The van der Waals surface area contributed by atoms with Crippen molar-refractivity contribution in [2.75, 3.05) is 44.0 Å². The number of sulfonamides is 1. The van der Waals surface area contributed by atoms with Crippen molar-refractivity contribution in [3.05, 3.63) is 24.3 Å². The van der Waals surface area contributed by atoms with E-state index in [0.29, 0.717) is 37.6 Å². The van der Waals surface area contributed by atoms with Crippen molar-refractivity contribution in [3.63, 3.8) is 0 Å². The van der Waals surface area contributed by atoms with Gasteiger partial charge in [-0.3, -0.25) is 9.10 Å². The lowest BCUT2D eigenvalue weighted by Gasteiger charge is -2.22. The van der Waals surface area contributed by atoms with Crippen LogP contribution in [0.4, 0.5) is 5.69 Å². The molecule has 8 heteroatoms. The maximum Gasteiger partial charge on any atom is 0.240 e. The molecule has 23 heavy (non-hydrogen) atoms. The molecule has 1 aromatic rings. The van der Waals surface area contributed by atoms with E-state index in [1.165, 1.54) is 7.11 Å². The average molecular weight is 344 g/mol. The number of anilines is 1. The van der Waals surface area contributed by atoms with E-state index in [2.05, 4.69) is 5.32 Å². The van der Waals surface area contributed by atoms with Crippen LogP contribution >= 0.6 is 0 Å². The molecule has 0 aromatic heterocycles. The highest BCUT2D eigenvalue weighted by Gasteiger charge is 2.20. The number of carbonyl (C=O) groups is 1. The molecule has 0 aliphatic carbocycles. The van der Waals surface area contributed by atoms with Crippen LogP contribution in [0.5, 0.6) is 5.75 Å². The summed E-state index contributed by atoms with van der Waals surface area (Å²) in [6.07, 6.45) is 1.75. The van der Waals surface area contributed by atoms with Gasteiger partial charge >= 0.3 is 0 Å². The van der Waals surface area contributed by atoms with Crippen LogP contribution in [0.15, 0.2) is 24.3 Å². The summed E-state index contributed by atoms with van der Waals surface area (Å²) >= 11 is 0. The maximum absolute atomic E-state index is 11.9. The SMILES string of the molecule is CCOCCCNC(=O)CN(c1ccc(OC)cc1)S(C)(=O)=O. The largest absolute Gasteiger partial charge is 0.497 e. The molecule has 0 bridgehead atoms. The molecule has 1 amide bonds. The van der Waals surface area contributed by atoms with Gasteiger partial charge in [0, 0.05) is 19.8 Å². The zero-order valence-electron chi connectivity index (χ0n) is 13.7. The summed E-state index contributed by atoms with van der Waals surface area (Å²) in [5.41, 5.74) is 0.415. The van der Waals surface area contributed by atoms with Gasteiger partial charge in [-0.15, -0.1) is 0 Å². The summed E-state index contributed by atoms with van der Waals surface area (Å²) in [4.78, 5) is 11.9. The summed E-state index contributed by atoms with van der Waals surface area (Å²) in [6, 6.07) is 6.49. The molecule has 0 fully saturated rings. The summed E-state index contributed by atoms with van der Waals surface area (Å²) in [5.74, 6) is 0.255. The minimum atomic E-state index is -3.56. The number of rotatable bonds is 10. The zero-order valence-corrected chi connectivity index (χ0v) is 14.6. The quantitative estimate of drug-likeness (QED) is 0.640. The van der Waals surface area contributed by atoms with Gasteiger partial charge in [-0.05, 0) is 37.6 Å². The van der Waals surface area contributed by atoms with Gasteiger partial charge in [-0.1, -0.05) is 0 Å². The monoisotopic (exact) mass is 344 g/mol. The van der Waals surface area contributed by atoms with Crippen LogP contribution in [0.3, 0.4) is 0 Å². The van der Waals surface area contributed by atoms with Crippen LogP contribution in [0.2, 0.25) is 0 Å². The second-order valence-electron chi connectivity index (χ2n) is 4.87.